The lowest BCUT2D eigenvalue weighted by molar-refractivity contribution is -0.108. The number of rotatable bonds is 5. The Bertz CT molecular complexity index is 458. The summed E-state index contributed by atoms with van der Waals surface area (Å²) >= 11 is 0. The van der Waals surface area contributed by atoms with Gasteiger partial charge in [-0.05, 0) is 24.1 Å². The molecule has 0 saturated carbocycles. The topological polar surface area (TPSA) is 55.1 Å². The van der Waals surface area contributed by atoms with Crippen LogP contribution in [0.4, 0.5) is 0 Å². The van der Waals surface area contributed by atoms with Crippen LogP contribution in [0.3, 0.4) is 0 Å². The van der Waals surface area contributed by atoms with E-state index in [0.717, 1.165) is 11.1 Å². The third-order valence-corrected chi connectivity index (χ3v) is 2.32. The Morgan fingerprint density at radius 2 is 1.94 bits per heavy atom. The van der Waals surface area contributed by atoms with Gasteiger partial charge in [0.25, 0.3) is 0 Å². The molecule has 0 saturated heterocycles. The molecule has 3 N–H and O–H groups in total. The second-order valence-corrected chi connectivity index (χ2v) is 3.58. The molecule has 0 aliphatic rings. The van der Waals surface area contributed by atoms with Gasteiger partial charge in [-0.15, -0.1) is 0 Å². The van der Waals surface area contributed by atoms with Gasteiger partial charge in [-0.2, -0.15) is 0 Å². The van der Waals surface area contributed by atoms with Crippen LogP contribution in [0.1, 0.15) is 12.5 Å². The van der Waals surface area contributed by atoms with Crippen LogP contribution < -0.4 is 11.1 Å². The molecule has 88 valence electrons. The van der Waals surface area contributed by atoms with Crippen molar-refractivity contribution in [2.75, 3.05) is 0 Å². The molecule has 3 heteroatoms. The Labute approximate surface area is 101 Å². The lowest BCUT2D eigenvalue weighted by Crippen LogP contribution is -2.15. The summed E-state index contributed by atoms with van der Waals surface area (Å²) in [6.07, 6.45) is 4.17. The van der Waals surface area contributed by atoms with Gasteiger partial charge >= 0.3 is 0 Å². The summed E-state index contributed by atoms with van der Waals surface area (Å²) in [6.45, 7) is 5.63. The Morgan fingerprint density at radius 3 is 2.53 bits per heavy atom. The van der Waals surface area contributed by atoms with E-state index in [1.165, 1.54) is 0 Å². The molecule has 0 spiro atoms. The van der Waals surface area contributed by atoms with Gasteiger partial charge < -0.3 is 11.1 Å². The van der Waals surface area contributed by atoms with E-state index in [2.05, 4.69) is 11.9 Å². The maximum Gasteiger partial charge on any atom is 0.211 e. The molecule has 0 heterocycles. The number of hydrogen-bond donors (Lipinski definition) is 2. The molecule has 0 fully saturated rings. The van der Waals surface area contributed by atoms with Crippen molar-refractivity contribution in [2.45, 2.75) is 6.92 Å². The van der Waals surface area contributed by atoms with Gasteiger partial charge in [0.15, 0.2) is 0 Å². The van der Waals surface area contributed by atoms with Crippen molar-refractivity contribution in [2.24, 2.45) is 5.73 Å². The van der Waals surface area contributed by atoms with Crippen LogP contribution in [-0.2, 0) is 4.79 Å². The van der Waals surface area contributed by atoms with Crippen molar-refractivity contribution in [1.29, 1.82) is 0 Å². The third-order valence-electron chi connectivity index (χ3n) is 2.32. The van der Waals surface area contributed by atoms with Crippen molar-refractivity contribution in [3.63, 3.8) is 0 Å². The van der Waals surface area contributed by atoms with E-state index < -0.39 is 0 Å². The Hall–Kier alpha value is -2.29. The first-order chi connectivity index (χ1) is 8.15. The normalized spacial score (nSPS) is 12.1. The van der Waals surface area contributed by atoms with Crippen molar-refractivity contribution < 1.29 is 4.79 Å². The SMILES string of the molecule is C=C(NC=O)/C(N)=C\C=C(/C)c1ccccc1. The summed E-state index contributed by atoms with van der Waals surface area (Å²) in [5, 5.41) is 2.41. The molecule has 1 amide bonds. The minimum Gasteiger partial charge on any atom is -0.397 e. The molecule has 3 nitrogen and oxygen atoms in total. The summed E-state index contributed by atoms with van der Waals surface area (Å²) in [7, 11) is 0. The molecule has 1 rings (SSSR count). The van der Waals surface area contributed by atoms with Crippen LogP contribution in [0.15, 0.2) is 60.5 Å². The van der Waals surface area contributed by atoms with Crippen LogP contribution >= 0.6 is 0 Å². The largest absolute Gasteiger partial charge is 0.397 e. The quantitative estimate of drug-likeness (QED) is 0.599. The van der Waals surface area contributed by atoms with Crippen molar-refractivity contribution in [1.82, 2.24) is 5.32 Å². The van der Waals surface area contributed by atoms with Crippen LogP contribution in [-0.4, -0.2) is 6.41 Å². The zero-order valence-electron chi connectivity index (χ0n) is 9.81. The van der Waals surface area contributed by atoms with Crippen LogP contribution in [0.25, 0.3) is 5.57 Å². The number of carbonyl (C=O) groups excluding carboxylic acids is 1. The van der Waals surface area contributed by atoms with Crippen molar-refractivity contribution in [3.05, 3.63) is 66.0 Å². The molecule has 0 aliphatic heterocycles. The minimum atomic E-state index is 0.400. The number of nitrogens with two attached hydrogens (primary N) is 1. The molecule has 0 bridgehead atoms. The fourth-order valence-corrected chi connectivity index (χ4v) is 1.27. The van der Waals surface area contributed by atoms with E-state index in [9.17, 15) is 4.79 Å². The van der Waals surface area contributed by atoms with Crippen molar-refractivity contribution in [3.8, 4) is 0 Å². The molecule has 0 aromatic heterocycles. The average molecular weight is 228 g/mol. The summed E-state index contributed by atoms with van der Waals surface area (Å²) in [5.74, 6) is 0. The number of amides is 1. The summed E-state index contributed by atoms with van der Waals surface area (Å²) in [6, 6.07) is 9.97. The van der Waals surface area contributed by atoms with Gasteiger partial charge in [0.05, 0.1) is 11.4 Å². The standard InChI is InChI=1S/C14H16N2O/c1-11(13-6-4-3-5-7-13)8-9-14(15)12(2)16-10-17/h3-10H,2,15H2,1H3,(H,16,17)/b11-8+,14-9+. The lowest BCUT2D eigenvalue weighted by atomic mass is 10.1. The second-order valence-electron chi connectivity index (χ2n) is 3.58. The summed E-state index contributed by atoms with van der Waals surface area (Å²) in [4.78, 5) is 10.2. The zero-order chi connectivity index (χ0) is 12.7. The smallest absolute Gasteiger partial charge is 0.211 e. The summed E-state index contributed by atoms with van der Waals surface area (Å²) in [5.41, 5.74) is 8.78. The van der Waals surface area contributed by atoms with Gasteiger partial charge in [-0.25, -0.2) is 0 Å². The number of nitrogens with one attached hydrogen (secondary N) is 1. The molecular formula is C14H16N2O. The second kappa shape index (κ2) is 6.33. The highest BCUT2D eigenvalue weighted by Crippen LogP contribution is 2.13. The highest BCUT2D eigenvalue weighted by molar-refractivity contribution is 5.65. The van der Waals surface area contributed by atoms with Crippen molar-refractivity contribution >= 4 is 12.0 Å². The van der Waals surface area contributed by atoms with E-state index in [4.69, 9.17) is 5.73 Å². The zero-order valence-corrected chi connectivity index (χ0v) is 9.81. The maximum atomic E-state index is 10.2. The molecule has 0 radical (unpaired) electrons. The fraction of sp³-hybridized carbons (Fsp3) is 0.0714. The number of benzene rings is 1. The first kappa shape index (κ1) is 12.8. The third kappa shape index (κ3) is 3.99. The maximum absolute atomic E-state index is 10.2. The molecule has 1 aromatic carbocycles. The van der Waals surface area contributed by atoms with E-state index in [1.807, 2.05) is 43.3 Å². The monoisotopic (exact) mass is 228 g/mol. The fourth-order valence-electron chi connectivity index (χ4n) is 1.27. The van der Waals surface area contributed by atoms with Gasteiger partial charge in [-0.3, -0.25) is 4.79 Å². The Kier molecular flexibility index (Phi) is 4.76. The number of allylic oxidation sites excluding steroid dienone is 3. The molecule has 0 atom stereocenters. The van der Waals surface area contributed by atoms with Crippen LogP contribution in [0, 0.1) is 0 Å². The van der Waals surface area contributed by atoms with E-state index >= 15 is 0 Å². The molecule has 1 aromatic rings. The van der Waals surface area contributed by atoms with Gasteiger partial charge in [-0.1, -0.05) is 43.0 Å². The van der Waals surface area contributed by atoms with Gasteiger partial charge in [0, 0.05) is 0 Å². The Balaban J connectivity index is 2.80. The first-order valence-electron chi connectivity index (χ1n) is 5.24. The van der Waals surface area contributed by atoms with Crippen LogP contribution in [0.2, 0.25) is 0 Å². The summed E-state index contributed by atoms with van der Waals surface area (Å²) < 4.78 is 0. The molecular weight excluding hydrogens is 212 g/mol. The van der Waals surface area contributed by atoms with Crippen LogP contribution in [0.5, 0.6) is 0 Å². The van der Waals surface area contributed by atoms with Gasteiger partial charge in [0.1, 0.15) is 0 Å². The number of hydrogen-bond acceptors (Lipinski definition) is 2. The lowest BCUT2D eigenvalue weighted by Gasteiger charge is -2.03. The van der Waals surface area contributed by atoms with Gasteiger partial charge in [0.2, 0.25) is 6.41 Å². The molecule has 0 aliphatic carbocycles. The molecule has 17 heavy (non-hydrogen) atoms. The number of carbonyl (C=O) groups is 1. The van der Waals surface area contributed by atoms with E-state index in [0.29, 0.717) is 17.8 Å². The van der Waals surface area contributed by atoms with E-state index in [1.54, 1.807) is 6.08 Å². The Morgan fingerprint density at radius 1 is 1.29 bits per heavy atom. The highest BCUT2D eigenvalue weighted by Gasteiger charge is 1.95. The predicted octanol–water partition coefficient (Wildman–Crippen LogP) is 2.19. The average Bonchev–Trinajstić information content (AvgIpc) is 2.36. The highest BCUT2D eigenvalue weighted by atomic mass is 16.1. The predicted molar refractivity (Wildman–Crippen MR) is 70.7 cm³/mol. The van der Waals surface area contributed by atoms with E-state index in [-0.39, 0.29) is 0 Å². The minimum absolute atomic E-state index is 0.400. The molecule has 0 unspecified atom stereocenters. The first-order valence-corrected chi connectivity index (χ1v) is 5.24.